The summed E-state index contributed by atoms with van der Waals surface area (Å²) in [5.41, 5.74) is 7.73. The number of carbonyl (C=O) groups excluding carboxylic acids is 3. The van der Waals surface area contributed by atoms with Gasteiger partial charge in [0.25, 0.3) is 0 Å². The fourth-order valence-electron chi connectivity index (χ4n) is 7.75. The SMILES string of the molecule is COCCCOC(=O)c1oc2ccc(NC(=O)[C@@H]3[C@H](C4CCCCC4)CCN3C(=O)C3CCC([C@H](N)CF)CC3)cc2c1C. The van der Waals surface area contributed by atoms with Crippen LogP contribution in [0, 0.1) is 30.6 Å². The van der Waals surface area contributed by atoms with Crippen molar-refractivity contribution in [3.8, 4) is 0 Å². The summed E-state index contributed by atoms with van der Waals surface area (Å²) in [6, 6.07) is 4.33. The number of likely N-dealkylation sites (tertiary alicyclic amines) is 1. The van der Waals surface area contributed by atoms with Crippen LogP contribution >= 0.6 is 0 Å². The first-order chi connectivity index (χ1) is 21.3. The molecular weight excluding hydrogens is 565 g/mol. The number of nitrogens with one attached hydrogen (secondary N) is 1. The molecule has 0 unspecified atom stereocenters. The number of amides is 2. The summed E-state index contributed by atoms with van der Waals surface area (Å²) in [7, 11) is 1.60. The van der Waals surface area contributed by atoms with Gasteiger partial charge in [0.1, 0.15) is 18.3 Å². The molecule has 3 N–H and O–H groups in total. The number of hydrogen-bond donors (Lipinski definition) is 2. The Kier molecular flexibility index (Phi) is 11.0. The minimum absolute atomic E-state index is 0.0468. The van der Waals surface area contributed by atoms with E-state index in [1.54, 1.807) is 26.2 Å². The quantitative estimate of drug-likeness (QED) is 0.243. The summed E-state index contributed by atoms with van der Waals surface area (Å²) in [6.45, 7) is 2.57. The van der Waals surface area contributed by atoms with Crippen molar-refractivity contribution in [1.82, 2.24) is 4.90 Å². The minimum atomic E-state index is -0.537. The molecule has 2 heterocycles. The molecule has 2 aliphatic carbocycles. The summed E-state index contributed by atoms with van der Waals surface area (Å²) >= 11 is 0. The zero-order chi connectivity index (χ0) is 31.2. The van der Waals surface area contributed by atoms with Gasteiger partial charge in [0.2, 0.25) is 17.6 Å². The third kappa shape index (κ3) is 7.12. The fraction of sp³-hybridized carbons (Fsp3) is 0.676. The van der Waals surface area contributed by atoms with E-state index >= 15 is 0 Å². The van der Waals surface area contributed by atoms with Crippen LogP contribution in [0.2, 0.25) is 0 Å². The number of furan rings is 1. The van der Waals surface area contributed by atoms with Gasteiger partial charge < -0.3 is 29.8 Å². The van der Waals surface area contributed by atoms with Crippen LogP contribution in [0.1, 0.15) is 86.7 Å². The molecule has 9 nitrogen and oxygen atoms in total. The Balaban J connectivity index is 1.32. The van der Waals surface area contributed by atoms with Crippen molar-refractivity contribution < 1.29 is 32.7 Å². The normalized spacial score (nSPS) is 25.2. The van der Waals surface area contributed by atoms with Gasteiger partial charge in [-0.3, -0.25) is 9.59 Å². The summed E-state index contributed by atoms with van der Waals surface area (Å²) in [4.78, 5) is 42.5. The summed E-state index contributed by atoms with van der Waals surface area (Å²) in [5, 5.41) is 3.83. The van der Waals surface area contributed by atoms with Gasteiger partial charge in [-0.25, -0.2) is 9.18 Å². The van der Waals surface area contributed by atoms with Gasteiger partial charge in [-0.05, 0) is 75.0 Å². The highest BCUT2D eigenvalue weighted by Gasteiger charge is 2.47. The van der Waals surface area contributed by atoms with Crippen LogP contribution in [0.3, 0.4) is 0 Å². The number of ether oxygens (including phenoxy) is 2. The minimum Gasteiger partial charge on any atom is -0.460 e. The molecule has 44 heavy (non-hydrogen) atoms. The Morgan fingerprint density at radius 3 is 2.52 bits per heavy atom. The third-order valence-corrected chi connectivity index (χ3v) is 10.3. The molecule has 1 aliphatic heterocycles. The first-order valence-electron chi connectivity index (χ1n) is 16.4. The van der Waals surface area contributed by atoms with Crippen LogP contribution in [0.4, 0.5) is 10.1 Å². The van der Waals surface area contributed by atoms with Crippen LogP contribution in [0.5, 0.6) is 0 Å². The lowest BCUT2D eigenvalue weighted by Gasteiger charge is -2.36. The van der Waals surface area contributed by atoms with E-state index in [1.807, 2.05) is 11.0 Å². The van der Waals surface area contributed by atoms with Crippen LogP contribution in [0.15, 0.2) is 22.6 Å². The first kappa shape index (κ1) is 32.4. The second-order valence-electron chi connectivity index (χ2n) is 13.0. The molecule has 1 aromatic carbocycles. The van der Waals surface area contributed by atoms with E-state index in [0.29, 0.717) is 55.2 Å². The standard InChI is InChI=1S/C34H48FN3O6/c1-21-27-19-25(13-14-29(27)44-31(21)34(41)43-18-6-17-42-2)37-32(39)30-26(22-7-4-3-5-8-22)15-16-38(30)33(40)24-11-9-23(10-12-24)28(36)20-35/h13-14,19,22-24,26,28,30H,3-12,15-18,20,36H2,1-2H3,(H,37,39)/t23?,24?,26-,28+,30-/m0/s1. The van der Waals surface area contributed by atoms with Crippen molar-refractivity contribution in [1.29, 1.82) is 0 Å². The average molecular weight is 614 g/mol. The second kappa shape index (κ2) is 14.9. The summed E-state index contributed by atoms with van der Waals surface area (Å²) < 4.78 is 29.3. The van der Waals surface area contributed by atoms with Gasteiger partial charge in [0.15, 0.2) is 0 Å². The zero-order valence-electron chi connectivity index (χ0n) is 26.2. The molecule has 3 aliphatic rings. The second-order valence-corrected chi connectivity index (χ2v) is 13.0. The van der Waals surface area contributed by atoms with Gasteiger partial charge in [-0.15, -0.1) is 0 Å². The Labute approximate surface area is 259 Å². The van der Waals surface area contributed by atoms with Crippen molar-refractivity contribution in [3.63, 3.8) is 0 Å². The fourth-order valence-corrected chi connectivity index (χ4v) is 7.75. The molecule has 3 atom stereocenters. The number of anilines is 1. The van der Waals surface area contributed by atoms with Gasteiger partial charge in [0.05, 0.1) is 6.61 Å². The molecule has 2 saturated carbocycles. The maximum Gasteiger partial charge on any atom is 0.374 e. The Morgan fingerprint density at radius 2 is 1.82 bits per heavy atom. The number of hydrogen-bond acceptors (Lipinski definition) is 7. The lowest BCUT2D eigenvalue weighted by Crippen LogP contribution is -2.50. The smallest absolute Gasteiger partial charge is 0.374 e. The average Bonchev–Trinajstić information content (AvgIpc) is 3.64. The maximum atomic E-state index is 14.1. The molecule has 0 spiro atoms. The monoisotopic (exact) mass is 613 g/mol. The molecule has 5 rings (SSSR count). The number of methoxy groups -OCH3 is 1. The molecule has 1 saturated heterocycles. The Bertz CT molecular complexity index is 1300. The van der Waals surface area contributed by atoms with Crippen LogP contribution in [0.25, 0.3) is 11.0 Å². The molecule has 0 radical (unpaired) electrons. The molecule has 2 amide bonds. The van der Waals surface area contributed by atoms with E-state index in [-0.39, 0.29) is 41.9 Å². The number of nitrogens with zero attached hydrogens (tertiary/aromatic N) is 1. The number of nitrogens with two attached hydrogens (primary N) is 1. The molecule has 0 bridgehead atoms. The highest BCUT2D eigenvalue weighted by molar-refractivity contribution is 6.01. The van der Waals surface area contributed by atoms with Gasteiger partial charge >= 0.3 is 5.97 Å². The van der Waals surface area contributed by atoms with Crippen molar-refractivity contribution >= 4 is 34.4 Å². The lowest BCUT2D eigenvalue weighted by molar-refractivity contribution is -0.142. The molecule has 2 aromatic rings. The molecule has 242 valence electrons. The number of halogens is 1. The van der Waals surface area contributed by atoms with E-state index in [9.17, 15) is 18.8 Å². The van der Waals surface area contributed by atoms with Crippen molar-refractivity contribution in [2.24, 2.45) is 29.4 Å². The zero-order valence-corrected chi connectivity index (χ0v) is 26.2. The number of carbonyl (C=O) groups is 3. The number of benzene rings is 1. The van der Waals surface area contributed by atoms with E-state index in [1.165, 1.54) is 6.42 Å². The van der Waals surface area contributed by atoms with E-state index in [0.717, 1.165) is 50.3 Å². The largest absolute Gasteiger partial charge is 0.460 e. The molecule has 1 aromatic heterocycles. The van der Waals surface area contributed by atoms with E-state index in [4.69, 9.17) is 19.6 Å². The highest BCUT2D eigenvalue weighted by atomic mass is 19.1. The van der Waals surface area contributed by atoms with Gasteiger partial charge in [-0.1, -0.05) is 32.1 Å². The van der Waals surface area contributed by atoms with Gasteiger partial charge in [-0.2, -0.15) is 0 Å². The third-order valence-electron chi connectivity index (χ3n) is 10.3. The number of rotatable bonds is 11. The van der Waals surface area contributed by atoms with Crippen molar-refractivity contribution in [3.05, 3.63) is 29.5 Å². The number of fused-ring (bicyclic) bond motifs is 1. The van der Waals surface area contributed by atoms with Gasteiger partial charge in [0, 0.05) is 55.3 Å². The Morgan fingerprint density at radius 1 is 1.07 bits per heavy atom. The topological polar surface area (TPSA) is 124 Å². The van der Waals surface area contributed by atoms with E-state index in [2.05, 4.69) is 5.32 Å². The number of alkyl halides is 1. The van der Waals surface area contributed by atoms with Crippen LogP contribution in [-0.2, 0) is 19.1 Å². The Hall–Kier alpha value is -2.98. The van der Waals surface area contributed by atoms with Crippen LogP contribution in [-0.4, -0.2) is 68.3 Å². The molecular formula is C34H48FN3O6. The highest BCUT2D eigenvalue weighted by Crippen LogP contribution is 2.41. The lowest BCUT2D eigenvalue weighted by atomic mass is 9.76. The maximum absolute atomic E-state index is 14.1. The molecule has 10 heteroatoms. The van der Waals surface area contributed by atoms with Crippen molar-refractivity contribution in [2.75, 3.05) is 38.9 Å². The van der Waals surface area contributed by atoms with Crippen LogP contribution < -0.4 is 11.1 Å². The predicted molar refractivity (Wildman–Crippen MR) is 166 cm³/mol. The van der Waals surface area contributed by atoms with E-state index < -0.39 is 24.7 Å². The predicted octanol–water partition coefficient (Wildman–Crippen LogP) is 5.77. The number of aryl methyl sites for hydroxylation is 1. The van der Waals surface area contributed by atoms with Crippen molar-refractivity contribution in [2.45, 2.75) is 89.6 Å². The first-order valence-corrected chi connectivity index (χ1v) is 16.4. The number of esters is 1. The summed E-state index contributed by atoms with van der Waals surface area (Å²) in [5.74, 6) is -0.0129. The molecule has 3 fully saturated rings. The summed E-state index contributed by atoms with van der Waals surface area (Å²) in [6.07, 6.45) is 10.00.